The van der Waals surface area contributed by atoms with Crippen LogP contribution in [-0.2, 0) is 11.3 Å². The molecule has 20 heavy (non-hydrogen) atoms. The van der Waals surface area contributed by atoms with E-state index in [1.807, 2.05) is 25.2 Å². The number of nitrogens with one attached hydrogen (secondary N) is 1. The molecule has 106 valence electrons. The second-order valence-electron chi connectivity index (χ2n) is 3.96. The number of oxazole rings is 1. The number of rotatable bonds is 6. The summed E-state index contributed by atoms with van der Waals surface area (Å²) in [5, 5.41) is 3.05. The van der Waals surface area contributed by atoms with Crippen LogP contribution in [-0.4, -0.2) is 24.6 Å². The first-order chi connectivity index (χ1) is 9.74. The van der Waals surface area contributed by atoms with Crippen LogP contribution in [0, 0.1) is 0 Å². The quantitative estimate of drug-likeness (QED) is 0.816. The number of carbonyl (C=O) groups excluding carboxylic acids is 1. The number of hydrogen-bond acceptors (Lipinski definition) is 6. The zero-order valence-corrected chi connectivity index (χ0v) is 11.4. The van der Waals surface area contributed by atoms with Crippen molar-refractivity contribution in [2.45, 2.75) is 13.5 Å². The van der Waals surface area contributed by atoms with Gasteiger partial charge in [0.25, 0.3) is 0 Å². The first kappa shape index (κ1) is 14.1. The smallest absolute Gasteiger partial charge is 0.399 e. The van der Waals surface area contributed by atoms with Crippen molar-refractivity contribution < 1.29 is 18.7 Å². The Morgan fingerprint density at radius 1 is 1.40 bits per heavy atom. The molecule has 2 aromatic rings. The van der Waals surface area contributed by atoms with Gasteiger partial charge in [0.1, 0.15) is 12.0 Å². The molecule has 0 saturated heterocycles. The summed E-state index contributed by atoms with van der Waals surface area (Å²) in [6.45, 7) is 2.66. The van der Waals surface area contributed by atoms with Crippen LogP contribution in [0.2, 0.25) is 0 Å². The van der Waals surface area contributed by atoms with E-state index in [2.05, 4.69) is 10.3 Å². The van der Waals surface area contributed by atoms with Crippen molar-refractivity contribution in [2.75, 3.05) is 13.7 Å². The summed E-state index contributed by atoms with van der Waals surface area (Å²) in [6.07, 6.45) is 1.23. The fourth-order valence-electron chi connectivity index (χ4n) is 1.64. The Bertz CT molecular complexity index is 580. The summed E-state index contributed by atoms with van der Waals surface area (Å²) >= 11 is 0. The van der Waals surface area contributed by atoms with Crippen molar-refractivity contribution in [3.8, 4) is 11.8 Å². The topological polar surface area (TPSA) is 73.6 Å². The van der Waals surface area contributed by atoms with Gasteiger partial charge in [-0.15, -0.1) is 0 Å². The summed E-state index contributed by atoms with van der Waals surface area (Å²) in [6, 6.07) is 7.50. The molecule has 0 saturated carbocycles. The maximum Gasteiger partial charge on any atom is 0.399 e. The minimum Gasteiger partial charge on any atom is -0.461 e. The average Bonchev–Trinajstić information content (AvgIpc) is 2.90. The average molecular weight is 276 g/mol. The van der Waals surface area contributed by atoms with Crippen molar-refractivity contribution in [1.82, 2.24) is 10.3 Å². The van der Waals surface area contributed by atoms with E-state index in [-0.39, 0.29) is 18.4 Å². The van der Waals surface area contributed by atoms with Gasteiger partial charge in [0.05, 0.1) is 6.61 Å². The number of hydrogen-bond donors (Lipinski definition) is 1. The van der Waals surface area contributed by atoms with Crippen LogP contribution in [0.4, 0.5) is 0 Å². The van der Waals surface area contributed by atoms with Crippen LogP contribution in [0.25, 0.3) is 0 Å². The molecule has 2 rings (SSSR count). The fraction of sp³-hybridized carbons (Fsp3) is 0.286. The van der Waals surface area contributed by atoms with E-state index in [0.717, 1.165) is 5.56 Å². The van der Waals surface area contributed by atoms with Gasteiger partial charge in [-0.05, 0) is 20.0 Å². The van der Waals surface area contributed by atoms with Gasteiger partial charge in [-0.1, -0.05) is 18.2 Å². The molecule has 0 fully saturated rings. The molecule has 1 aromatic heterocycles. The van der Waals surface area contributed by atoms with E-state index in [0.29, 0.717) is 12.3 Å². The summed E-state index contributed by atoms with van der Waals surface area (Å²) < 4.78 is 15.5. The molecule has 1 heterocycles. The number of ether oxygens (including phenoxy) is 2. The zero-order chi connectivity index (χ0) is 14.4. The number of carbonyl (C=O) groups is 1. The monoisotopic (exact) mass is 276 g/mol. The fourth-order valence-corrected chi connectivity index (χ4v) is 1.64. The van der Waals surface area contributed by atoms with Crippen LogP contribution in [0.3, 0.4) is 0 Å². The van der Waals surface area contributed by atoms with Crippen molar-refractivity contribution in [3.63, 3.8) is 0 Å². The van der Waals surface area contributed by atoms with Gasteiger partial charge < -0.3 is 19.2 Å². The Hall–Kier alpha value is -2.34. The molecule has 0 aliphatic rings. The third-order valence-corrected chi connectivity index (χ3v) is 2.50. The van der Waals surface area contributed by atoms with Crippen LogP contribution < -0.4 is 10.1 Å². The zero-order valence-electron chi connectivity index (χ0n) is 11.4. The van der Waals surface area contributed by atoms with Crippen LogP contribution in [0.15, 0.2) is 34.9 Å². The van der Waals surface area contributed by atoms with Crippen LogP contribution in [0.1, 0.15) is 23.0 Å². The van der Waals surface area contributed by atoms with Gasteiger partial charge in [-0.25, -0.2) is 4.79 Å². The number of para-hydroxylation sites is 1. The third kappa shape index (κ3) is 3.36. The summed E-state index contributed by atoms with van der Waals surface area (Å²) in [4.78, 5) is 15.4. The van der Waals surface area contributed by atoms with E-state index in [1.165, 1.54) is 6.26 Å². The van der Waals surface area contributed by atoms with Gasteiger partial charge >= 0.3 is 12.0 Å². The van der Waals surface area contributed by atoms with E-state index >= 15 is 0 Å². The molecular weight excluding hydrogens is 260 g/mol. The number of aromatic nitrogens is 1. The Balaban J connectivity index is 2.12. The van der Waals surface area contributed by atoms with Crippen molar-refractivity contribution >= 4 is 5.97 Å². The van der Waals surface area contributed by atoms with Gasteiger partial charge in [0, 0.05) is 12.1 Å². The van der Waals surface area contributed by atoms with E-state index in [1.54, 1.807) is 13.0 Å². The Kier molecular flexibility index (Phi) is 4.73. The largest absolute Gasteiger partial charge is 0.461 e. The van der Waals surface area contributed by atoms with E-state index in [4.69, 9.17) is 13.9 Å². The molecule has 0 unspecified atom stereocenters. The number of esters is 1. The third-order valence-electron chi connectivity index (χ3n) is 2.50. The summed E-state index contributed by atoms with van der Waals surface area (Å²) in [7, 11) is 1.85. The lowest BCUT2D eigenvalue weighted by atomic mass is 10.2. The van der Waals surface area contributed by atoms with Crippen LogP contribution in [0.5, 0.6) is 11.8 Å². The molecule has 0 bridgehead atoms. The number of benzene rings is 1. The molecule has 0 radical (unpaired) electrons. The highest BCUT2D eigenvalue weighted by Crippen LogP contribution is 2.24. The molecule has 6 nitrogen and oxygen atoms in total. The highest BCUT2D eigenvalue weighted by Gasteiger charge is 2.15. The molecule has 6 heteroatoms. The molecule has 0 aliphatic heterocycles. The summed E-state index contributed by atoms with van der Waals surface area (Å²) in [5.74, 6) is 0.0914. The van der Waals surface area contributed by atoms with E-state index in [9.17, 15) is 4.79 Å². The van der Waals surface area contributed by atoms with Crippen molar-refractivity contribution in [1.29, 1.82) is 0 Å². The van der Waals surface area contributed by atoms with Gasteiger partial charge in [0.2, 0.25) is 0 Å². The highest BCUT2D eigenvalue weighted by molar-refractivity contribution is 5.86. The predicted octanol–water partition coefficient (Wildman–Crippen LogP) is 2.36. The molecule has 0 amide bonds. The second-order valence-corrected chi connectivity index (χ2v) is 3.96. The van der Waals surface area contributed by atoms with E-state index < -0.39 is 5.97 Å². The van der Waals surface area contributed by atoms with Gasteiger partial charge in [0.15, 0.2) is 5.69 Å². The maximum atomic E-state index is 11.5. The SMILES string of the molecule is CCOC(=O)c1coc(Oc2ccccc2CNC)n1. The predicted molar refractivity (Wildman–Crippen MR) is 71.7 cm³/mol. The molecule has 0 atom stereocenters. The lowest BCUT2D eigenvalue weighted by Crippen LogP contribution is -2.06. The van der Waals surface area contributed by atoms with Crippen LogP contribution >= 0.6 is 0 Å². The first-order valence-corrected chi connectivity index (χ1v) is 6.27. The highest BCUT2D eigenvalue weighted by atomic mass is 16.6. The minimum absolute atomic E-state index is 0.0107. The minimum atomic E-state index is -0.533. The second kappa shape index (κ2) is 6.72. The maximum absolute atomic E-state index is 11.5. The van der Waals surface area contributed by atoms with Gasteiger partial charge in [-0.3, -0.25) is 0 Å². The lowest BCUT2D eigenvalue weighted by Gasteiger charge is -2.07. The lowest BCUT2D eigenvalue weighted by molar-refractivity contribution is 0.0519. The Morgan fingerprint density at radius 3 is 2.95 bits per heavy atom. The van der Waals surface area contributed by atoms with Crippen molar-refractivity contribution in [2.24, 2.45) is 0 Å². The van der Waals surface area contributed by atoms with Gasteiger partial charge in [-0.2, -0.15) is 4.98 Å². The first-order valence-electron chi connectivity index (χ1n) is 6.27. The standard InChI is InChI=1S/C14H16N2O4/c1-3-18-13(17)11-9-19-14(16-11)20-12-7-5-4-6-10(12)8-15-2/h4-7,9,15H,3,8H2,1-2H3. The normalized spacial score (nSPS) is 10.3. The molecule has 0 spiro atoms. The molecule has 0 aliphatic carbocycles. The molecule has 1 N–H and O–H groups in total. The summed E-state index contributed by atoms with van der Waals surface area (Å²) in [5.41, 5.74) is 1.05. The molecule has 1 aromatic carbocycles. The Labute approximate surface area is 116 Å². The number of nitrogens with zero attached hydrogens (tertiary/aromatic N) is 1. The van der Waals surface area contributed by atoms with Crippen molar-refractivity contribution in [3.05, 3.63) is 41.8 Å². The molecular formula is C14H16N2O4. The Morgan fingerprint density at radius 2 is 2.20 bits per heavy atom.